The number of aryl methyl sites for hydroxylation is 3. The van der Waals surface area contributed by atoms with Gasteiger partial charge in [-0.2, -0.15) is 4.31 Å². The molecule has 9 nitrogen and oxygen atoms in total. The zero-order valence-corrected chi connectivity index (χ0v) is 19.1. The van der Waals surface area contributed by atoms with E-state index in [1.54, 1.807) is 32.4 Å². The van der Waals surface area contributed by atoms with E-state index in [0.29, 0.717) is 36.1 Å². The second kappa shape index (κ2) is 8.01. The van der Waals surface area contributed by atoms with Crippen LogP contribution in [0.2, 0.25) is 0 Å². The summed E-state index contributed by atoms with van der Waals surface area (Å²) in [5.74, 6) is 0.831. The zero-order chi connectivity index (χ0) is 22.3. The number of nitrogens with zero attached hydrogens (tertiary/aromatic N) is 6. The monoisotopic (exact) mass is 442 g/mol. The van der Waals surface area contributed by atoms with E-state index >= 15 is 0 Å². The summed E-state index contributed by atoms with van der Waals surface area (Å²) >= 11 is 0. The van der Waals surface area contributed by atoms with Crippen molar-refractivity contribution in [3.05, 3.63) is 47.4 Å². The molecule has 3 aromatic heterocycles. The molecule has 3 aromatic rings. The second-order valence-corrected chi connectivity index (χ2v) is 9.81. The lowest BCUT2D eigenvalue weighted by atomic mass is 9.98. The minimum atomic E-state index is -3.81. The molecule has 0 radical (unpaired) electrons. The van der Waals surface area contributed by atoms with Crippen molar-refractivity contribution in [1.82, 2.24) is 24.4 Å². The Balaban J connectivity index is 1.88. The van der Waals surface area contributed by atoms with Gasteiger partial charge in [-0.05, 0) is 50.8 Å². The lowest BCUT2D eigenvalue weighted by Crippen LogP contribution is -2.32. The first-order chi connectivity index (χ1) is 14.7. The van der Waals surface area contributed by atoms with E-state index in [-0.39, 0.29) is 4.90 Å². The van der Waals surface area contributed by atoms with Crippen molar-refractivity contribution >= 4 is 16.0 Å². The quantitative estimate of drug-likeness (QED) is 0.594. The van der Waals surface area contributed by atoms with Gasteiger partial charge in [-0.1, -0.05) is 5.16 Å². The summed E-state index contributed by atoms with van der Waals surface area (Å²) in [5.41, 5.74) is 3.79. The normalized spacial score (nSPS) is 17.3. The van der Waals surface area contributed by atoms with Gasteiger partial charge >= 0.3 is 0 Å². The van der Waals surface area contributed by atoms with Crippen molar-refractivity contribution in [3.63, 3.8) is 0 Å². The minimum Gasteiger partial charge on any atom is -0.360 e. The number of pyridine rings is 1. The Morgan fingerprint density at radius 3 is 2.58 bits per heavy atom. The standard InChI is InChI=1S/C21H26N6O3S/c1-13-11-22-9-8-16(13)17-12-23-21(26(4)5)24-19(17)18-7-6-10-27(18)31(28,29)20-14(2)25-30-15(20)3/h8-9,11-12,18H,6-7,10H2,1-5H3. The Bertz CT molecular complexity index is 1200. The van der Waals surface area contributed by atoms with Crippen LogP contribution in [0.4, 0.5) is 5.95 Å². The fourth-order valence-corrected chi connectivity index (χ4v) is 6.05. The zero-order valence-electron chi connectivity index (χ0n) is 18.3. The number of hydrogen-bond donors (Lipinski definition) is 0. The van der Waals surface area contributed by atoms with Crippen LogP contribution in [-0.2, 0) is 10.0 Å². The number of hydrogen-bond acceptors (Lipinski definition) is 8. The molecule has 0 bridgehead atoms. The maximum absolute atomic E-state index is 13.6. The molecular formula is C21H26N6O3S. The molecule has 31 heavy (non-hydrogen) atoms. The first kappa shape index (κ1) is 21.4. The van der Waals surface area contributed by atoms with Crippen molar-refractivity contribution in [2.24, 2.45) is 0 Å². The molecule has 1 aliphatic rings. The van der Waals surface area contributed by atoms with E-state index in [0.717, 1.165) is 23.1 Å². The molecule has 0 N–H and O–H groups in total. The summed E-state index contributed by atoms with van der Waals surface area (Å²) in [6, 6.07) is 1.50. The van der Waals surface area contributed by atoms with Gasteiger partial charge in [0.05, 0.1) is 11.7 Å². The Morgan fingerprint density at radius 2 is 1.94 bits per heavy atom. The molecule has 1 unspecified atom stereocenters. The average molecular weight is 443 g/mol. The fourth-order valence-electron chi connectivity index (χ4n) is 4.10. The highest BCUT2D eigenvalue weighted by atomic mass is 32.2. The first-order valence-corrected chi connectivity index (χ1v) is 11.6. The molecule has 0 amide bonds. The lowest BCUT2D eigenvalue weighted by Gasteiger charge is -2.26. The third-order valence-electron chi connectivity index (χ3n) is 5.57. The Labute approximate surface area is 182 Å². The van der Waals surface area contributed by atoms with Crippen LogP contribution in [0.5, 0.6) is 0 Å². The topological polar surface area (TPSA) is 105 Å². The Kier molecular flexibility index (Phi) is 5.52. The molecule has 0 aromatic carbocycles. The highest BCUT2D eigenvalue weighted by Gasteiger charge is 2.41. The molecule has 4 heterocycles. The maximum Gasteiger partial charge on any atom is 0.249 e. The molecule has 1 fully saturated rings. The van der Waals surface area contributed by atoms with Crippen LogP contribution in [-0.4, -0.2) is 53.5 Å². The van der Waals surface area contributed by atoms with E-state index < -0.39 is 16.1 Å². The molecule has 0 spiro atoms. The van der Waals surface area contributed by atoms with Crippen LogP contribution in [0.3, 0.4) is 0 Å². The lowest BCUT2D eigenvalue weighted by molar-refractivity contribution is 0.381. The number of aromatic nitrogens is 4. The molecule has 0 aliphatic carbocycles. The number of anilines is 1. The van der Waals surface area contributed by atoms with Crippen LogP contribution >= 0.6 is 0 Å². The highest BCUT2D eigenvalue weighted by Crippen LogP contribution is 2.41. The predicted molar refractivity (Wildman–Crippen MR) is 116 cm³/mol. The SMILES string of the molecule is Cc1cnccc1-c1cnc(N(C)C)nc1C1CCCN1S(=O)(=O)c1c(C)noc1C. The van der Waals surface area contributed by atoms with Gasteiger partial charge in [0.15, 0.2) is 5.76 Å². The van der Waals surface area contributed by atoms with E-state index in [9.17, 15) is 8.42 Å². The van der Waals surface area contributed by atoms with Gasteiger partial charge in [0.1, 0.15) is 10.6 Å². The summed E-state index contributed by atoms with van der Waals surface area (Å²) in [5, 5.41) is 3.85. The van der Waals surface area contributed by atoms with Gasteiger partial charge in [0.25, 0.3) is 0 Å². The third-order valence-corrected chi connectivity index (χ3v) is 7.72. The smallest absolute Gasteiger partial charge is 0.249 e. The van der Waals surface area contributed by atoms with Crippen LogP contribution in [0.25, 0.3) is 11.1 Å². The van der Waals surface area contributed by atoms with E-state index in [1.165, 1.54) is 4.31 Å². The average Bonchev–Trinajstić information content (AvgIpc) is 3.35. The highest BCUT2D eigenvalue weighted by molar-refractivity contribution is 7.89. The fraction of sp³-hybridized carbons (Fsp3) is 0.429. The van der Waals surface area contributed by atoms with E-state index in [4.69, 9.17) is 9.51 Å². The van der Waals surface area contributed by atoms with Crippen molar-refractivity contribution in [2.45, 2.75) is 44.6 Å². The van der Waals surface area contributed by atoms with Crippen molar-refractivity contribution in [2.75, 3.05) is 25.5 Å². The van der Waals surface area contributed by atoms with Gasteiger partial charge in [-0.3, -0.25) is 4.98 Å². The molecule has 1 atom stereocenters. The van der Waals surface area contributed by atoms with Crippen LogP contribution in [0.1, 0.15) is 41.6 Å². The predicted octanol–water partition coefficient (Wildman–Crippen LogP) is 3.04. The van der Waals surface area contributed by atoms with Crippen molar-refractivity contribution in [1.29, 1.82) is 0 Å². The van der Waals surface area contributed by atoms with Crippen molar-refractivity contribution < 1.29 is 12.9 Å². The summed E-state index contributed by atoms with van der Waals surface area (Å²) in [6.07, 6.45) is 6.69. The minimum absolute atomic E-state index is 0.142. The maximum atomic E-state index is 13.6. The van der Waals surface area contributed by atoms with Gasteiger partial charge in [-0.25, -0.2) is 18.4 Å². The van der Waals surface area contributed by atoms with Crippen LogP contribution < -0.4 is 4.90 Å². The van der Waals surface area contributed by atoms with Crippen LogP contribution in [0, 0.1) is 20.8 Å². The summed E-state index contributed by atoms with van der Waals surface area (Å²) in [7, 11) is -0.0763. The van der Waals surface area contributed by atoms with Gasteiger partial charge in [-0.15, -0.1) is 0 Å². The third kappa shape index (κ3) is 3.70. The number of rotatable bonds is 5. The summed E-state index contributed by atoms with van der Waals surface area (Å²) < 4.78 is 33.9. The second-order valence-electron chi connectivity index (χ2n) is 7.98. The molecular weight excluding hydrogens is 416 g/mol. The summed E-state index contributed by atoms with van der Waals surface area (Å²) in [4.78, 5) is 15.4. The van der Waals surface area contributed by atoms with E-state index in [1.807, 2.05) is 32.0 Å². The number of sulfonamides is 1. The Morgan fingerprint density at radius 1 is 1.16 bits per heavy atom. The Hall–Kier alpha value is -2.85. The molecule has 164 valence electrons. The molecule has 10 heteroatoms. The van der Waals surface area contributed by atoms with Crippen molar-refractivity contribution in [3.8, 4) is 11.1 Å². The first-order valence-electron chi connectivity index (χ1n) is 10.1. The molecule has 1 saturated heterocycles. The van der Waals surface area contributed by atoms with Crippen LogP contribution in [0.15, 0.2) is 34.1 Å². The van der Waals surface area contributed by atoms with Gasteiger partial charge in [0, 0.05) is 44.8 Å². The van der Waals surface area contributed by atoms with Gasteiger partial charge in [0.2, 0.25) is 16.0 Å². The largest absolute Gasteiger partial charge is 0.360 e. The van der Waals surface area contributed by atoms with Gasteiger partial charge < -0.3 is 9.42 Å². The molecule has 4 rings (SSSR count). The summed E-state index contributed by atoms with van der Waals surface area (Å²) in [6.45, 7) is 5.65. The molecule has 0 saturated carbocycles. The molecule has 1 aliphatic heterocycles. The van der Waals surface area contributed by atoms with E-state index in [2.05, 4.69) is 15.1 Å².